The molecule has 3 rings (SSSR count). The van der Waals surface area contributed by atoms with Crippen LogP contribution in [-0.2, 0) is 11.3 Å². The van der Waals surface area contributed by atoms with E-state index < -0.39 is 5.25 Å². The number of rotatable bonds is 11. The molecule has 0 bridgehead atoms. The molecule has 1 heterocycles. The number of hydrogen-bond acceptors (Lipinski definition) is 5. The van der Waals surface area contributed by atoms with E-state index in [1.54, 1.807) is 4.57 Å². The number of hydrogen-bond donors (Lipinski definition) is 1. The van der Waals surface area contributed by atoms with Gasteiger partial charge >= 0.3 is 0 Å². The zero-order valence-electron chi connectivity index (χ0n) is 20.9. The Morgan fingerprint density at radius 2 is 1.74 bits per heavy atom. The molecule has 1 N–H and O–H groups in total. The van der Waals surface area contributed by atoms with Crippen LogP contribution >= 0.6 is 11.8 Å². The Morgan fingerprint density at radius 3 is 2.44 bits per heavy atom. The summed E-state index contributed by atoms with van der Waals surface area (Å²) >= 11 is 1.34. The highest BCUT2D eigenvalue weighted by molar-refractivity contribution is 8.00. The molecule has 34 heavy (non-hydrogen) atoms. The Kier molecular flexibility index (Phi) is 9.30. The molecule has 7 heteroatoms. The molecule has 6 nitrogen and oxygen atoms in total. The number of carbonyl (C=O) groups is 1. The number of carbonyl (C=O) groups excluding carboxylic acids is 1. The molecule has 0 aliphatic rings. The summed E-state index contributed by atoms with van der Waals surface area (Å²) in [6, 6.07) is 15.3. The minimum absolute atomic E-state index is 0.0505. The number of nitrogens with one attached hydrogen (secondary N) is 1. The van der Waals surface area contributed by atoms with E-state index in [9.17, 15) is 9.59 Å². The average molecular weight is 481 g/mol. The maximum atomic E-state index is 13.3. The number of aromatic nitrogens is 2. The van der Waals surface area contributed by atoms with Crippen LogP contribution < -0.4 is 10.9 Å². The molecular formula is C27H36N4O2S. The summed E-state index contributed by atoms with van der Waals surface area (Å²) in [5, 5.41) is 3.86. The first-order valence-electron chi connectivity index (χ1n) is 12.1. The van der Waals surface area contributed by atoms with Gasteiger partial charge in [0, 0.05) is 12.2 Å². The zero-order chi connectivity index (χ0) is 24.7. The third kappa shape index (κ3) is 6.27. The molecule has 1 atom stereocenters. The van der Waals surface area contributed by atoms with E-state index in [1.807, 2.05) is 55.5 Å². The second-order valence-electron chi connectivity index (χ2n) is 8.74. The highest BCUT2D eigenvalue weighted by atomic mass is 32.2. The van der Waals surface area contributed by atoms with Crippen LogP contribution in [0, 0.1) is 0 Å². The number of para-hydroxylation sites is 2. The fourth-order valence-electron chi connectivity index (χ4n) is 3.99. The van der Waals surface area contributed by atoms with Crippen LogP contribution in [0.1, 0.15) is 52.5 Å². The Labute approximate surface area is 206 Å². The molecule has 1 amide bonds. The van der Waals surface area contributed by atoms with E-state index in [1.165, 1.54) is 11.8 Å². The van der Waals surface area contributed by atoms with E-state index in [0.29, 0.717) is 28.5 Å². The highest BCUT2D eigenvalue weighted by Crippen LogP contribution is 2.27. The summed E-state index contributed by atoms with van der Waals surface area (Å²) in [7, 11) is 0. The first kappa shape index (κ1) is 26.0. The third-order valence-corrected chi connectivity index (χ3v) is 7.16. The molecule has 0 aliphatic carbocycles. The average Bonchev–Trinajstić information content (AvgIpc) is 2.83. The van der Waals surface area contributed by atoms with Crippen LogP contribution in [0.15, 0.2) is 58.5 Å². The molecule has 0 radical (unpaired) electrons. The van der Waals surface area contributed by atoms with Gasteiger partial charge in [-0.15, -0.1) is 0 Å². The van der Waals surface area contributed by atoms with Crippen LogP contribution in [0.2, 0.25) is 0 Å². The van der Waals surface area contributed by atoms with Gasteiger partial charge in [-0.25, -0.2) is 4.98 Å². The lowest BCUT2D eigenvalue weighted by Gasteiger charge is -2.20. The van der Waals surface area contributed by atoms with Gasteiger partial charge in [-0.1, -0.05) is 69.8 Å². The normalized spacial score (nSPS) is 12.4. The number of fused-ring (bicyclic) bond motifs is 1. The first-order valence-corrected chi connectivity index (χ1v) is 13.0. The molecule has 3 aromatic rings. The van der Waals surface area contributed by atoms with Gasteiger partial charge in [0.05, 0.1) is 16.2 Å². The predicted octanol–water partition coefficient (Wildman–Crippen LogP) is 5.37. The maximum Gasteiger partial charge on any atom is 0.262 e. The third-order valence-electron chi connectivity index (χ3n) is 6.07. The molecule has 1 unspecified atom stereocenters. The Morgan fingerprint density at radius 1 is 1.06 bits per heavy atom. The highest BCUT2D eigenvalue weighted by Gasteiger charge is 2.21. The second-order valence-corrected chi connectivity index (χ2v) is 10.0. The molecule has 0 aliphatic heterocycles. The minimum atomic E-state index is -0.415. The first-order chi connectivity index (χ1) is 16.3. The van der Waals surface area contributed by atoms with Crippen molar-refractivity contribution in [3.8, 4) is 0 Å². The fraction of sp³-hybridized carbons (Fsp3) is 0.444. The zero-order valence-corrected chi connectivity index (χ0v) is 21.7. The van der Waals surface area contributed by atoms with Crippen LogP contribution in [0.4, 0.5) is 5.69 Å². The van der Waals surface area contributed by atoms with E-state index in [4.69, 9.17) is 4.98 Å². The molecule has 182 valence electrons. The Balaban J connectivity index is 1.84. The topological polar surface area (TPSA) is 67.2 Å². The number of amides is 1. The lowest BCUT2D eigenvalue weighted by atomic mass is 10.0. The lowest BCUT2D eigenvalue weighted by Crippen LogP contribution is -2.29. The SMILES string of the molecule is CCN(CC)CCCn1c(SC(C)C(=O)Nc2ccccc2C(C)C)nc2ccccc2c1=O. The van der Waals surface area contributed by atoms with Gasteiger partial charge in [-0.05, 0) is 62.7 Å². The van der Waals surface area contributed by atoms with Gasteiger partial charge in [0.15, 0.2) is 5.16 Å². The lowest BCUT2D eigenvalue weighted by molar-refractivity contribution is -0.115. The van der Waals surface area contributed by atoms with E-state index in [-0.39, 0.29) is 11.5 Å². The van der Waals surface area contributed by atoms with Crippen LogP contribution in [0.3, 0.4) is 0 Å². The molecular weight excluding hydrogens is 444 g/mol. The molecule has 0 spiro atoms. The largest absolute Gasteiger partial charge is 0.325 e. The van der Waals surface area contributed by atoms with Gasteiger partial charge in [-0.2, -0.15) is 0 Å². The molecule has 2 aromatic carbocycles. The summed E-state index contributed by atoms with van der Waals surface area (Å²) in [6.07, 6.45) is 0.845. The smallest absolute Gasteiger partial charge is 0.262 e. The van der Waals surface area contributed by atoms with Crippen molar-refractivity contribution in [2.24, 2.45) is 0 Å². The van der Waals surface area contributed by atoms with Crippen molar-refractivity contribution in [1.29, 1.82) is 0 Å². The summed E-state index contributed by atoms with van der Waals surface area (Å²) in [6.45, 7) is 13.8. The minimum Gasteiger partial charge on any atom is -0.325 e. The molecule has 0 saturated carbocycles. The molecule has 0 fully saturated rings. The van der Waals surface area contributed by atoms with Gasteiger partial charge in [0.25, 0.3) is 5.56 Å². The van der Waals surface area contributed by atoms with Crippen molar-refractivity contribution < 1.29 is 4.79 Å². The standard InChI is InChI=1S/C27H36N4O2S/c1-6-30(7-2)17-12-18-31-26(33)22-14-9-11-16-24(22)29-27(31)34-20(5)25(32)28-23-15-10-8-13-21(23)19(3)4/h8-11,13-16,19-20H,6-7,12,17-18H2,1-5H3,(H,28,32). The summed E-state index contributed by atoms with van der Waals surface area (Å²) in [4.78, 5) is 33.5. The van der Waals surface area contributed by atoms with Crippen LogP contribution in [-0.4, -0.2) is 45.2 Å². The van der Waals surface area contributed by atoms with Crippen molar-refractivity contribution >= 4 is 34.3 Å². The summed E-state index contributed by atoms with van der Waals surface area (Å²) < 4.78 is 1.74. The van der Waals surface area contributed by atoms with Gasteiger partial charge in [-0.3, -0.25) is 14.2 Å². The number of nitrogens with zero attached hydrogens (tertiary/aromatic N) is 3. The van der Waals surface area contributed by atoms with Gasteiger partial charge in [0.1, 0.15) is 0 Å². The van der Waals surface area contributed by atoms with Gasteiger partial charge < -0.3 is 10.2 Å². The van der Waals surface area contributed by atoms with Crippen LogP contribution in [0.5, 0.6) is 0 Å². The van der Waals surface area contributed by atoms with E-state index >= 15 is 0 Å². The fourth-order valence-corrected chi connectivity index (χ4v) is 4.92. The molecule has 1 aromatic heterocycles. The van der Waals surface area contributed by atoms with Crippen LogP contribution in [0.25, 0.3) is 10.9 Å². The van der Waals surface area contributed by atoms with Crippen molar-refractivity contribution in [3.63, 3.8) is 0 Å². The Bertz CT molecular complexity index is 1170. The predicted molar refractivity (Wildman–Crippen MR) is 143 cm³/mol. The van der Waals surface area contributed by atoms with Crippen molar-refractivity contribution in [3.05, 3.63) is 64.4 Å². The van der Waals surface area contributed by atoms with Crippen molar-refractivity contribution in [2.75, 3.05) is 25.0 Å². The summed E-state index contributed by atoms with van der Waals surface area (Å²) in [5.74, 6) is 0.202. The quantitative estimate of drug-likeness (QED) is 0.295. The van der Waals surface area contributed by atoms with E-state index in [2.05, 4.69) is 37.9 Å². The monoisotopic (exact) mass is 480 g/mol. The number of thioether (sulfide) groups is 1. The number of anilines is 1. The van der Waals surface area contributed by atoms with Crippen molar-refractivity contribution in [2.45, 2.75) is 63.9 Å². The van der Waals surface area contributed by atoms with E-state index in [0.717, 1.165) is 37.3 Å². The van der Waals surface area contributed by atoms with Gasteiger partial charge in [0.2, 0.25) is 5.91 Å². The molecule has 0 saturated heterocycles. The second kappa shape index (κ2) is 12.2. The number of benzene rings is 2. The maximum absolute atomic E-state index is 13.3. The summed E-state index contributed by atoms with van der Waals surface area (Å²) in [5.41, 5.74) is 2.54. The van der Waals surface area contributed by atoms with Crippen molar-refractivity contribution in [1.82, 2.24) is 14.5 Å². The Hall–Kier alpha value is -2.64.